The molecule has 0 aliphatic carbocycles. The molecular formula is C25H26F3NO4S. The summed E-state index contributed by atoms with van der Waals surface area (Å²) in [6, 6.07) is 9.19. The third-order valence-corrected chi connectivity index (χ3v) is 7.68. The standard InChI is InChI=1S/C25H26F3NO4S/c1-14-15(2)17(4)24(18(5)16(14)3)34(30,31)29-20-13-19(25(26,27)28)11-12-21(20)33-23-10-8-7-9-22(23)32-6/h7-13,29H,1-6H3. The van der Waals surface area contributed by atoms with Crippen LogP contribution in [0.3, 0.4) is 0 Å². The van der Waals surface area contributed by atoms with Crippen molar-refractivity contribution < 1.29 is 31.1 Å². The zero-order valence-electron chi connectivity index (χ0n) is 19.7. The van der Waals surface area contributed by atoms with Gasteiger partial charge in [0.15, 0.2) is 17.2 Å². The molecule has 9 heteroatoms. The van der Waals surface area contributed by atoms with E-state index in [1.807, 2.05) is 20.8 Å². The molecule has 0 aliphatic heterocycles. The van der Waals surface area contributed by atoms with Gasteiger partial charge in [0.25, 0.3) is 10.0 Å². The molecule has 0 spiro atoms. The zero-order chi connectivity index (χ0) is 25.4. The third kappa shape index (κ3) is 4.84. The minimum absolute atomic E-state index is 0.0359. The van der Waals surface area contributed by atoms with E-state index in [2.05, 4.69) is 4.72 Å². The highest BCUT2D eigenvalue weighted by Crippen LogP contribution is 2.40. The van der Waals surface area contributed by atoms with Gasteiger partial charge in [0.05, 0.1) is 23.3 Å². The molecule has 0 unspecified atom stereocenters. The third-order valence-electron chi connectivity index (χ3n) is 6.04. The first kappa shape index (κ1) is 25.4. The SMILES string of the molecule is COc1ccccc1Oc1ccc(C(F)(F)F)cc1NS(=O)(=O)c1c(C)c(C)c(C)c(C)c1C. The van der Waals surface area contributed by atoms with Crippen LogP contribution < -0.4 is 14.2 Å². The maximum absolute atomic E-state index is 13.5. The van der Waals surface area contributed by atoms with Gasteiger partial charge in [-0.2, -0.15) is 13.2 Å². The first-order chi connectivity index (χ1) is 15.8. The van der Waals surface area contributed by atoms with Gasteiger partial charge < -0.3 is 9.47 Å². The summed E-state index contributed by atoms with van der Waals surface area (Å²) in [6.45, 7) is 8.90. The largest absolute Gasteiger partial charge is 0.493 e. The van der Waals surface area contributed by atoms with Crippen LogP contribution in [0.1, 0.15) is 33.4 Å². The average Bonchev–Trinajstić information content (AvgIpc) is 2.76. The first-order valence-corrected chi connectivity index (χ1v) is 11.9. The summed E-state index contributed by atoms with van der Waals surface area (Å²) in [5.74, 6) is 0.462. The van der Waals surface area contributed by atoms with Gasteiger partial charge in [0.1, 0.15) is 0 Å². The summed E-state index contributed by atoms with van der Waals surface area (Å²) in [5, 5.41) is 0. The molecule has 0 heterocycles. The highest BCUT2D eigenvalue weighted by atomic mass is 32.2. The number of benzene rings is 3. The van der Waals surface area contributed by atoms with E-state index < -0.39 is 21.8 Å². The van der Waals surface area contributed by atoms with E-state index >= 15 is 0 Å². The zero-order valence-corrected chi connectivity index (χ0v) is 20.5. The number of methoxy groups -OCH3 is 1. The molecule has 3 aromatic carbocycles. The second-order valence-electron chi connectivity index (χ2n) is 8.02. The molecule has 0 atom stereocenters. The smallest absolute Gasteiger partial charge is 0.416 e. The summed E-state index contributed by atoms with van der Waals surface area (Å²) < 4.78 is 80.6. The van der Waals surface area contributed by atoms with Crippen molar-refractivity contribution in [1.82, 2.24) is 0 Å². The number of nitrogens with one attached hydrogen (secondary N) is 1. The molecule has 3 aromatic rings. The quantitative estimate of drug-likeness (QED) is 0.408. The molecule has 0 radical (unpaired) electrons. The van der Waals surface area contributed by atoms with Gasteiger partial charge in [-0.3, -0.25) is 4.72 Å². The van der Waals surface area contributed by atoms with Crippen molar-refractivity contribution in [3.05, 3.63) is 75.8 Å². The Morgan fingerprint density at radius 3 is 1.82 bits per heavy atom. The number of hydrogen-bond donors (Lipinski definition) is 1. The fourth-order valence-corrected chi connectivity index (χ4v) is 5.42. The van der Waals surface area contributed by atoms with Gasteiger partial charge in [-0.25, -0.2) is 8.42 Å². The van der Waals surface area contributed by atoms with E-state index in [9.17, 15) is 21.6 Å². The van der Waals surface area contributed by atoms with Crippen LogP contribution in [0.2, 0.25) is 0 Å². The van der Waals surface area contributed by atoms with Crippen LogP contribution >= 0.6 is 0 Å². The summed E-state index contributed by atoms with van der Waals surface area (Å²) in [7, 11) is -2.83. The molecule has 0 bridgehead atoms. The van der Waals surface area contributed by atoms with Gasteiger partial charge in [0, 0.05) is 0 Å². The molecule has 34 heavy (non-hydrogen) atoms. The van der Waals surface area contributed by atoms with Crippen LogP contribution in [0.15, 0.2) is 47.4 Å². The summed E-state index contributed by atoms with van der Waals surface area (Å²) in [6.07, 6.45) is -4.67. The van der Waals surface area contributed by atoms with Crippen molar-refractivity contribution in [3.63, 3.8) is 0 Å². The second kappa shape index (κ2) is 9.21. The maximum Gasteiger partial charge on any atom is 0.416 e. The predicted octanol–water partition coefficient (Wildman–Crippen LogP) is 6.85. The van der Waals surface area contributed by atoms with E-state index in [1.165, 1.54) is 7.11 Å². The van der Waals surface area contributed by atoms with Crippen molar-refractivity contribution >= 4 is 15.7 Å². The highest BCUT2D eigenvalue weighted by Gasteiger charge is 2.32. The fraction of sp³-hybridized carbons (Fsp3) is 0.280. The molecule has 0 fully saturated rings. The van der Waals surface area contributed by atoms with Crippen LogP contribution in [0.4, 0.5) is 18.9 Å². The van der Waals surface area contributed by atoms with Gasteiger partial charge in [0.2, 0.25) is 0 Å². The lowest BCUT2D eigenvalue weighted by Gasteiger charge is -2.21. The van der Waals surface area contributed by atoms with Gasteiger partial charge in [-0.1, -0.05) is 12.1 Å². The number of ether oxygens (including phenoxy) is 2. The lowest BCUT2D eigenvalue weighted by Crippen LogP contribution is -2.18. The molecule has 5 nitrogen and oxygen atoms in total. The van der Waals surface area contributed by atoms with Crippen LogP contribution in [0.25, 0.3) is 0 Å². The van der Waals surface area contributed by atoms with E-state index in [1.54, 1.807) is 38.1 Å². The Labute approximate surface area is 197 Å². The van der Waals surface area contributed by atoms with Gasteiger partial charge in [-0.05, 0) is 92.8 Å². The van der Waals surface area contributed by atoms with Gasteiger partial charge >= 0.3 is 6.18 Å². The molecule has 0 saturated carbocycles. The minimum Gasteiger partial charge on any atom is -0.493 e. The highest BCUT2D eigenvalue weighted by molar-refractivity contribution is 7.92. The minimum atomic E-state index is -4.67. The number of halogens is 3. The molecule has 0 aromatic heterocycles. The van der Waals surface area contributed by atoms with E-state index in [0.717, 1.165) is 34.9 Å². The molecular weight excluding hydrogens is 467 g/mol. The Hall–Kier alpha value is -3.20. The molecule has 0 aliphatic rings. The number of alkyl halides is 3. The lowest BCUT2D eigenvalue weighted by molar-refractivity contribution is -0.137. The lowest BCUT2D eigenvalue weighted by atomic mass is 9.95. The Morgan fingerprint density at radius 1 is 0.765 bits per heavy atom. The van der Waals surface area contributed by atoms with Crippen molar-refractivity contribution in [2.24, 2.45) is 0 Å². The van der Waals surface area contributed by atoms with E-state index in [4.69, 9.17) is 9.47 Å². The summed E-state index contributed by atoms with van der Waals surface area (Å²) in [4.78, 5) is 0.0359. The number of hydrogen-bond acceptors (Lipinski definition) is 4. The second-order valence-corrected chi connectivity index (χ2v) is 9.64. The molecule has 1 N–H and O–H groups in total. The number of sulfonamides is 1. The summed E-state index contributed by atoms with van der Waals surface area (Å²) in [5.41, 5.74) is 2.29. The van der Waals surface area contributed by atoms with Crippen molar-refractivity contribution in [1.29, 1.82) is 0 Å². The van der Waals surface area contributed by atoms with Crippen LogP contribution in [-0.2, 0) is 16.2 Å². The van der Waals surface area contributed by atoms with E-state index in [-0.39, 0.29) is 22.1 Å². The Balaban J connectivity index is 2.16. The maximum atomic E-state index is 13.5. The van der Waals surface area contributed by atoms with E-state index in [0.29, 0.717) is 16.9 Å². The number of rotatable bonds is 6. The van der Waals surface area contributed by atoms with Gasteiger partial charge in [-0.15, -0.1) is 0 Å². The molecule has 0 saturated heterocycles. The molecule has 0 amide bonds. The van der Waals surface area contributed by atoms with Crippen molar-refractivity contribution in [2.75, 3.05) is 11.8 Å². The van der Waals surface area contributed by atoms with Crippen LogP contribution in [0.5, 0.6) is 17.2 Å². The fourth-order valence-electron chi connectivity index (χ4n) is 3.76. The predicted molar refractivity (Wildman–Crippen MR) is 125 cm³/mol. The van der Waals surface area contributed by atoms with Crippen LogP contribution in [0, 0.1) is 34.6 Å². The monoisotopic (exact) mass is 493 g/mol. The first-order valence-electron chi connectivity index (χ1n) is 10.4. The molecule has 182 valence electrons. The Kier molecular flexibility index (Phi) is 6.89. The molecule has 3 rings (SSSR count). The normalized spacial score (nSPS) is 11.9. The topological polar surface area (TPSA) is 64.6 Å². The Morgan fingerprint density at radius 2 is 1.29 bits per heavy atom. The average molecular weight is 494 g/mol. The van der Waals surface area contributed by atoms with Crippen LogP contribution in [-0.4, -0.2) is 15.5 Å². The number of para-hydroxylation sites is 2. The summed E-state index contributed by atoms with van der Waals surface area (Å²) >= 11 is 0. The van der Waals surface area contributed by atoms with Crippen molar-refractivity contribution in [3.8, 4) is 17.2 Å². The number of anilines is 1. The van der Waals surface area contributed by atoms with Crippen molar-refractivity contribution in [2.45, 2.75) is 45.7 Å². The Bertz CT molecular complexity index is 1320.